The molecular weight excluding hydrogens is 252 g/mol. The van der Waals surface area contributed by atoms with Gasteiger partial charge in [0.2, 0.25) is 0 Å². The fourth-order valence-electron chi connectivity index (χ4n) is 1.28. The molecule has 17 heavy (non-hydrogen) atoms. The van der Waals surface area contributed by atoms with Crippen LogP contribution in [0.2, 0.25) is 0 Å². The van der Waals surface area contributed by atoms with Crippen molar-refractivity contribution in [3.63, 3.8) is 0 Å². The van der Waals surface area contributed by atoms with E-state index in [9.17, 15) is 4.79 Å². The molecule has 0 N–H and O–H groups in total. The van der Waals surface area contributed by atoms with E-state index in [2.05, 4.69) is 44.2 Å². The zero-order valence-corrected chi connectivity index (χ0v) is 11.5. The number of Topliss-reactive ketones (excluding diaryl/α,β-unsaturated/α-hetero) is 1. The number of ketones is 1. The first-order valence-electron chi connectivity index (χ1n) is 5.41. The minimum Gasteiger partial charge on any atom is -0.371 e. The standard InChI is InChI=1S/C8H10.C7H7O.Fe/c1-7-3-5-8(2)6-4-7;1-6(8)7-4-2-3-5-7;/h3-6H,1-2H3;2,4H,3H2,1H3;/q;-1;. The first-order valence-corrected chi connectivity index (χ1v) is 5.41. The Balaban J connectivity index is 0.000000284. The molecule has 92 valence electrons. The van der Waals surface area contributed by atoms with Gasteiger partial charge in [-0.25, -0.2) is 0 Å². The Kier molecular flexibility index (Phi) is 7.52. The van der Waals surface area contributed by atoms with Gasteiger partial charge >= 0.3 is 0 Å². The molecule has 1 aliphatic carbocycles. The molecule has 0 unspecified atom stereocenters. The maximum Gasteiger partial charge on any atom is 0.0464 e. The number of aryl methyl sites for hydroxylation is 2. The van der Waals surface area contributed by atoms with Crippen molar-refractivity contribution in [2.45, 2.75) is 27.2 Å². The minimum absolute atomic E-state index is 0. The van der Waals surface area contributed by atoms with Crippen LogP contribution in [0.4, 0.5) is 0 Å². The van der Waals surface area contributed by atoms with E-state index in [0.717, 1.165) is 12.0 Å². The maximum atomic E-state index is 10.5. The van der Waals surface area contributed by atoms with Crippen LogP contribution in [0.5, 0.6) is 0 Å². The van der Waals surface area contributed by atoms with E-state index in [0.29, 0.717) is 0 Å². The summed E-state index contributed by atoms with van der Waals surface area (Å²) in [4.78, 5) is 10.5. The summed E-state index contributed by atoms with van der Waals surface area (Å²) in [5.74, 6) is 0.110. The summed E-state index contributed by atoms with van der Waals surface area (Å²) < 4.78 is 0. The Morgan fingerprint density at radius 1 is 1.12 bits per heavy atom. The maximum absolute atomic E-state index is 10.5. The van der Waals surface area contributed by atoms with Gasteiger partial charge in [-0.2, -0.15) is 17.7 Å². The van der Waals surface area contributed by atoms with E-state index in [1.54, 1.807) is 6.92 Å². The molecule has 1 aromatic rings. The summed E-state index contributed by atoms with van der Waals surface area (Å²) in [6.45, 7) is 5.75. The van der Waals surface area contributed by atoms with Crippen molar-refractivity contribution in [2.24, 2.45) is 0 Å². The normalized spacial score (nSPS) is 12.1. The van der Waals surface area contributed by atoms with Crippen LogP contribution in [0.1, 0.15) is 24.5 Å². The Hall–Kier alpha value is -1.11. The van der Waals surface area contributed by atoms with E-state index in [4.69, 9.17) is 0 Å². The summed E-state index contributed by atoms with van der Waals surface area (Å²) >= 11 is 0. The predicted octanol–water partition coefficient (Wildman–Crippen LogP) is 3.57. The van der Waals surface area contributed by atoms with Crippen LogP contribution in [-0.2, 0) is 21.9 Å². The van der Waals surface area contributed by atoms with Crippen LogP contribution >= 0.6 is 0 Å². The van der Waals surface area contributed by atoms with Gasteiger partial charge in [-0.3, -0.25) is 0 Å². The van der Waals surface area contributed by atoms with E-state index < -0.39 is 0 Å². The molecule has 0 saturated carbocycles. The van der Waals surface area contributed by atoms with Crippen molar-refractivity contribution >= 4 is 5.78 Å². The molecule has 0 aromatic heterocycles. The number of carbonyl (C=O) groups is 1. The van der Waals surface area contributed by atoms with Gasteiger partial charge in [-0.1, -0.05) is 41.8 Å². The predicted molar refractivity (Wildman–Crippen MR) is 67.1 cm³/mol. The topological polar surface area (TPSA) is 17.1 Å². The van der Waals surface area contributed by atoms with E-state index in [1.165, 1.54) is 11.1 Å². The van der Waals surface area contributed by atoms with Crippen LogP contribution in [-0.4, -0.2) is 5.78 Å². The number of hydrogen-bond acceptors (Lipinski definition) is 1. The van der Waals surface area contributed by atoms with Gasteiger partial charge in [0.25, 0.3) is 0 Å². The molecule has 0 radical (unpaired) electrons. The summed E-state index contributed by atoms with van der Waals surface area (Å²) in [6, 6.07) is 8.48. The number of hydrogen-bond donors (Lipinski definition) is 0. The van der Waals surface area contributed by atoms with Crippen LogP contribution in [0.3, 0.4) is 0 Å². The van der Waals surface area contributed by atoms with Gasteiger partial charge in [0, 0.05) is 22.9 Å². The molecule has 1 aliphatic rings. The quantitative estimate of drug-likeness (QED) is 0.562. The summed E-state index contributed by atoms with van der Waals surface area (Å²) in [5.41, 5.74) is 3.39. The van der Waals surface area contributed by atoms with E-state index in [-0.39, 0.29) is 22.9 Å². The molecule has 0 spiro atoms. The molecule has 0 amide bonds. The molecule has 0 bridgehead atoms. The summed E-state index contributed by atoms with van der Waals surface area (Å²) in [7, 11) is 0. The fraction of sp³-hybridized carbons (Fsp3) is 0.267. The molecule has 0 saturated heterocycles. The number of benzene rings is 1. The third-order valence-corrected chi connectivity index (χ3v) is 2.29. The van der Waals surface area contributed by atoms with Crippen molar-refractivity contribution in [3.8, 4) is 0 Å². The van der Waals surface area contributed by atoms with Crippen molar-refractivity contribution < 1.29 is 21.9 Å². The molecule has 1 nitrogen and oxygen atoms in total. The average Bonchev–Trinajstić information content (AvgIpc) is 2.77. The second-order valence-corrected chi connectivity index (χ2v) is 3.91. The van der Waals surface area contributed by atoms with Gasteiger partial charge in [0.1, 0.15) is 0 Å². The molecule has 0 fully saturated rings. The Labute approximate surface area is 114 Å². The van der Waals surface area contributed by atoms with Crippen LogP contribution in [0, 0.1) is 19.9 Å². The third kappa shape index (κ3) is 6.25. The number of rotatable bonds is 1. The van der Waals surface area contributed by atoms with Crippen molar-refractivity contribution in [3.05, 3.63) is 59.2 Å². The van der Waals surface area contributed by atoms with Gasteiger partial charge in [-0.05, 0) is 20.8 Å². The second-order valence-electron chi connectivity index (χ2n) is 3.91. The molecule has 2 rings (SSSR count). The van der Waals surface area contributed by atoms with Crippen LogP contribution < -0.4 is 0 Å². The second kappa shape index (κ2) is 8.05. The number of carbonyl (C=O) groups excluding carboxylic acids is 1. The number of allylic oxidation sites excluding steroid dienone is 4. The van der Waals surface area contributed by atoms with E-state index in [1.807, 2.05) is 12.2 Å². The Bertz CT molecular complexity index is 392. The van der Waals surface area contributed by atoms with E-state index >= 15 is 0 Å². The zero-order valence-electron chi connectivity index (χ0n) is 10.4. The third-order valence-electron chi connectivity index (χ3n) is 2.29. The van der Waals surface area contributed by atoms with Crippen molar-refractivity contribution in [1.82, 2.24) is 0 Å². The fourth-order valence-corrected chi connectivity index (χ4v) is 1.28. The van der Waals surface area contributed by atoms with Crippen molar-refractivity contribution in [2.75, 3.05) is 0 Å². The van der Waals surface area contributed by atoms with Gasteiger partial charge in [0.05, 0.1) is 0 Å². The minimum atomic E-state index is 0. The van der Waals surface area contributed by atoms with Crippen molar-refractivity contribution in [1.29, 1.82) is 0 Å². The molecule has 0 heterocycles. The summed E-state index contributed by atoms with van der Waals surface area (Å²) in [5, 5.41) is 0. The Morgan fingerprint density at radius 2 is 1.59 bits per heavy atom. The largest absolute Gasteiger partial charge is 0.371 e. The van der Waals surface area contributed by atoms with Gasteiger partial charge in [0.15, 0.2) is 0 Å². The first-order chi connectivity index (χ1) is 7.59. The SMILES string of the molecule is CC(=O)C1=[C-]CC=C1.Cc1ccc(C)cc1.[Fe]. The summed E-state index contributed by atoms with van der Waals surface area (Å²) in [6.07, 6.45) is 7.45. The van der Waals surface area contributed by atoms with Gasteiger partial charge < -0.3 is 4.79 Å². The average molecular weight is 269 g/mol. The van der Waals surface area contributed by atoms with Crippen LogP contribution in [0.15, 0.2) is 42.0 Å². The Morgan fingerprint density at radius 3 is 1.82 bits per heavy atom. The smallest absolute Gasteiger partial charge is 0.0464 e. The van der Waals surface area contributed by atoms with Crippen LogP contribution in [0.25, 0.3) is 0 Å². The molecule has 2 heteroatoms. The molecule has 1 aromatic carbocycles. The zero-order chi connectivity index (χ0) is 12.0. The molecule has 0 aliphatic heterocycles. The molecular formula is C15H17FeO-. The monoisotopic (exact) mass is 269 g/mol. The van der Waals surface area contributed by atoms with Gasteiger partial charge in [-0.15, -0.1) is 6.08 Å². The molecule has 0 atom stereocenters. The first kappa shape index (κ1) is 15.9.